The highest BCUT2D eigenvalue weighted by Gasteiger charge is 2.27. The number of phenolic OH excluding ortho intramolecular Hbond substituents is 1. The van der Waals surface area contributed by atoms with Gasteiger partial charge in [0.1, 0.15) is 6.54 Å². The molecule has 0 bridgehead atoms. The molecular formula is C13H16N2O4. The standard InChI is InChI=1S/C13H16N2O4/c1-14-6-7-15(8-11(14)16)13(18)9-4-3-5-10(19-2)12(9)17/h3-5,17H,6-8H2,1-2H3. The van der Waals surface area contributed by atoms with Crippen molar-refractivity contribution in [3.63, 3.8) is 0 Å². The van der Waals surface area contributed by atoms with Crippen molar-refractivity contribution in [1.29, 1.82) is 0 Å². The van der Waals surface area contributed by atoms with E-state index >= 15 is 0 Å². The number of piperazine rings is 1. The molecule has 6 heteroatoms. The fourth-order valence-corrected chi connectivity index (χ4v) is 1.96. The summed E-state index contributed by atoms with van der Waals surface area (Å²) in [4.78, 5) is 26.9. The topological polar surface area (TPSA) is 70.1 Å². The van der Waals surface area contributed by atoms with E-state index in [1.165, 1.54) is 18.1 Å². The first-order valence-electron chi connectivity index (χ1n) is 5.93. The maximum atomic E-state index is 12.3. The maximum Gasteiger partial charge on any atom is 0.258 e. The molecule has 2 rings (SSSR count). The number of carbonyl (C=O) groups excluding carboxylic acids is 2. The van der Waals surface area contributed by atoms with Gasteiger partial charge in [-0.1, -0.05) is 6.07 Å². The second-order valence-electron chi connectivity index (χ2n) is 4.40. The third-order valence-electron chi connectivity index (χ3n) is 3.19. The molecule has 0 atom stereocenters. The van der Waals surface area contributed by atoms with Crippen LogP contribution in [0.25, 0.3) is 0 Å². The molecule has 6 nitrogen and oxygen atoms in total. The SMILES string of the molecule is COc1cccc(C(=O)N2CCN(C)C(=O)C2)c1O. The fourth-order valence-electron chi connectivity index (χ4n) is 1.96. The van der Waals surface area contributed by atoms with E-state index in [1.54, 1.807) is 24.1 Å². The number of para-hydroxylation sites is 1. The molecule has 1 aromatic rings. The number of ether oxygens (including phenoxy) is 1. The Balaban J connectivity index is 2.23. The summed E-state index contributed by atoms with van der Waals surface area (Å²) in [6, 6.07) is 4.72. The summed E-state index contributed by atoms with van der Waals surface area (Å²) < 4.78 is 4.97. The van der Waals surface area contributed by atoms with Crippen molar-refractivity contribution in [3.05, 3.63) is 23.8 Å². The predicted molar refractivity (Wildman–Crippen MR) is 68.2 cm³/mol. The van der Waals surface area contributed by atoms with Crippen molar-refractivity contribution in [2.45, 2.75) is 0 Å². The molecule has 1 heterocycles. The number of hydrogen-bond donors (Lipinski definition) is 1. The number of aromatic hydroxyl groups is 1. The van der Waals surface area contributed by atoms with Crippen LogP contribution in [-0.2, 0) is 4.79 Å². The van der Waals surface area contributed by atoms with E-state index in [1.807, 2.05) is 0 Å². The smallest absolute Gasteiger partial charge is 0.258 e. The van der Waals surface area contributed by atoms with Crippen LogP contribution in [0.3, 0.4) is 0 Å². The van der Waals surface area contributed by atoms with Crippen molar-refractivity contribution >= 4 is 11.8 Å². The molecule has 2 amide bonds. The number of phenols is 1. The number of likely N-dealkylation sites (N-methyl/N-ethyl adjacent to an activating group) is 1. The molecule has 0 aliphatic carbocycles. The predicted octanol–water partition coefficient (Wildman–Crippen LogP) is 0.315. The van der Waals surface area contributed by atoms with Crippen LogP contribution in [0, 0.1) is 0 Å². The summed E-state index contributed by atoms with van der Waals surface area (Å²) in [6.07, 6.45) is 0. The Kier molecular flexibility index (Phi) is 3.59. The Labute approximate surface area is 111 Å². The van der Waals surface area contributed by atoms with Crippen LogP contribution in [0.1, 0.15) is 10.4 Å². The molecule has 1 saturated heterocycles. The highest BCUT2D eigenvalue weighted by atomic mass is 16.5. The number of carbonyl (C=O) groups is 2. The molecule has 102 valence electrons. The minimum Gasteiger partial charge on any atom is -0.504 e. The molecule has 19 heavy (non-hydrogen) atoms. The van der Waals surface area contributed by atoms with Crippen molar-refractivity contribution in [1.82, 2.24) is 9.80 Å². The lowest BCUT2D eigenvalue weighted by molar-refractivity contribution is -0.133. The summed E-state index contributed by atoms with van der Waals surface area (Å²) in [7, 11) is 3.12. The molecule has 0 aromatic heterocycles. The van der Waals surface area contributed by atoms with Gasteiger partial charge in [0.2, 0.25) is 5.91 Å². The minimum atomic E-state index is -0.363. The van der Waals surface area contributed by atoms with Gasteiger partial charge in [0, 0.05) is 20.1 Å². The Morgan fingerprint density at radius 1 is 1.37 bits per heavy atom. The van der Waals surface area contributed by atoms with Crippen molar-refractivity contribution < 1.29 is 19.4 Å². The zero-order valence-electron chi connectivity index (χ0n) is 10.9. The number of methoxy groups -OCH3 is 1. The molecule has 1 N–H and O–H groups in total. The molecule has 1 aliphatic rings. The van der Waals surface area contributed by atoms with Crippen LogP contribution in [0.4, 0.5) is 0 Å². The van der Waals surface area contributed by atoms with E-state index in [-0.39, 0.29) is 35.4 Å². The minimum absolute atomic E-state index is 0.0337. The largest absolute Gasteiger partial charge is 0.504 e. The van der Waals surface area contributed by atoms with Gasteiger partial charge in [0.05, 0.1) is 12.7 Å². The molecule has 1 aliphatic heterocycles. The van der Waals surface area contributed by atoms with Crippen molar-refractivity contribution in [2.75, 3.05) is 33.8 Å². The normalized spacial score (nSPS) is 15.6. The van der Waals surface area contributed by atoms with Gasteiger partial charge >= 0.3 is 0 Å². The van der Waals surface area contributed by atoms with E-state index in [0.717, 1.165) is 0 Å². The highest BCUT2D eigenvalue weighted by Crippen LogP contribution is 2.30. The number of rotatable bonds is 2. The summed E-state index contributed by atoms with van der Waals surface area (Å²) >= 11 is 0. The van der Waals surface area contributed by atoms with Crippen LogP contribution in [-0.4, -0.2) is 60.5 Å². The van der Waals surface area contributed by atoms with Gasteiger partial charge in [-0.05, 0) is 12.1 Å². The van der Waals surface area contributed by atoms with E-state index in [0.29, 0.717) is 13.1 Å². The van der Waals surface area contributed by atoms with Gasteiger partial charge in [-0.15, -0.1) is 0 Å². The third kappa shape index (κ3) is 2.47. The van der Waals surface area contributed by atoms with E-state index in [9.17, 15) is 14.7 Å². The molecule has 0 radical (unpaired) electrons. The van der Waals surface area contributed by atoms with E-state index < -0.39 is 0 Å². The third-order valence-corrected chi connectivity index (χ3v) is 3.19. The van der Waals surface area contributed by atoms with Crippen LogP contribution in [0.2, 0.25) is 0 Å². The second kappa shape index (κ2) is 5.17. The molecule has 0 saturated carbocycles. The Bertz CT molecular complexity index is 515. The zero-order valence-corrected chi connectivity index (χ0v) is 10.9. The van der Waals surface area contributed by atoms with Crippen LogP contribution < -0.4 is 4.74 Å². The summed E-state index contributed by atoms with van der Waals surface area (Å²) in [6.45, 7) is 0.985. The first kappa shape index (κ1) is 13.2. The second-order valence-corrected chi connectivity index (χ2v) is 4.40. The fraction of sp³-hybridized carbons (Fsp3) is 0.385. The quantitative estimate of drug-likeness (QED) is 0.835. The molecule has 1 aromatic carbocycles. The van der Waals surface area contributed by atoms with Gasteiger partial charge in [-0.25, -0.2) is 0 Å². The first-order chi connectivity index (χ1) is 9.04. The van der Waals surface area contributed by atoms with Crippen LogP contribution in [0.5, 0.6) is 11.5 Å². The maximum absolute atomic E-state index is 12.3. The van der Waals surface area contributed by atoms with Crippen LogP contribution >= 0.6 is 0 Å². The Hall–Kier alpha value is -2.24. The van der Waals surface area contributed by atoms with E-state index in [2.05, 4.69) is 0 Å². The number of benzene rings is 1. The van der Waals surface area contributed by atoms with Gasteiger partial charge in [0.25, 0.3) is 5.91 Å². The van der Waals surface area contributed by atoms with Crippen molar-refractivity contribution in [3.8, 4) is 11.5 Å². The number of nitrogens with zero attached hydrogens (tertiary/aromatic N) is 2. The molecule has 0 spiro atoms. The lowest BCUT2D eigenvalue weighted by Crippen LogP contribution is -2.50. The summed E-state index contributed by atoms with van der Waals surface area (Å²) in [5.41, 5.74) is 0.150. The van der Waals surface area contributed by atoms with Gasteiger partial charge in [-0.3, -0.25) is 9.59 Å². The summed E-state index contributed by atoms with van der Waals surface area (Å²) in [5.74, 6) is -0.424. The van der Waals surface area contributed by atoms with Crippen LogP contribution in [0.15, 0.2) is 18.2 Å². The van der Waals surface area contributed by atoms with Gasteiger partial charge in [0.15, 0.2) is 11.5 Å². The average molecular weight is 264 g/mol. The molecule has 1 fully saturated rings. The van der Waals surface area contributed by atoms with E-state index in [4.69, 9.17) is 4.74 Å². The Morgan fingerprint density at radius 3 is 2.74 bits per heavy atom. The summed E-state index contributed by atoms with van der Waals surface area (Å²) in [5, 5.41) is 9.94. The first-order valence-corrected chi connectivity index (χ1v) is 5.93. The van der Waals surface area contributed by atoms with Gasteiger partial charge in [-0.2, -0.15) is 0 Å². The highest BCUT2D eigenvalue weighted by molar-refractivity contribution is 5.99. The number of amides is 2. The monoisotopic (exact) mass is 264 g/mol. The average Bonchev–Trinajstić information content (AvgIpc) is 2.41. The van der Waals surface area contributed by atoms with Gasteiger partial charge < -0.3 is 19.6 Å². The molecular weight excluding hydrogens is 248 g/mol. The lowest BCUT2D eigenvalue weighted by Gasteiger charge is -2.32. The van der Waals surface area contributed by atoms with Crippen molar-refractivity contribution in [2.24, 2.45) is 0 Å². The Morgan fingerprint density at radius 2 is 2.11 bits per heavy atom. The zero-order chi connectivity index (χ0) is 14.0. The lowest BCUT2D eigenvalue weighted by atomic mass is 10.1. The molecule has 0 unspecified atom stereocenters. The number of hydrogen-bond acceptors (Lipinski definition) is 4.